The van der Waals surface area contributed by atoms with Crippen molar-refractivity contribution in [3.05, 3.63) is 59.9 Å². The Morgan fingerprint density at radius 3 is 2.75 bits per heavy atom. The molecule has 1 aliphatic heterocycles. The van der Waals surface area contributed by atoms with Gasteiger partial charge in [0.25, 0.3) is 0 Å². The minimum absolute atomic E-state index is 0.00885. The van der Waals surface area contributed by atoms with Gasteiger partial charge in [0.15, 0.2) is 23.1 Å². The summed E-state index contributed by atoms with van der Waals surface area (Å²) in [5.74, 6) is -1.58. The quantitative estimate of drug-likeness (QED) is 0.647. The molecule has 0 aliphatic carbocycles. The van der Waals surface area contributed by atoms with Gasteiger partial charge in [-0.25, -0.2) is 14.0 Å². The van der Waals surface area contributed by atoms with E-state index in [-0.39, 0.29) is 18.8 Å². The summed E-state index contributed by atoms with van der Waals surface area (Å²) in [6.07, 6.45) is 0.361. The molecule has 0 aromatic heterocycles. The molecule has 0 saturated heterocycles. The van der Waals surface area contributed by atoms with E-state index in [0.717, 1.165) is 18.2 Å². The minimum atomic E-state index is -1.17. The van der Waals surface area contributed by atoms with Crippen molar-refractivity contribution in [2.75, 3.05) is 12.1 Å². The standard InChI is InChI=1S/C19H16FNO7/c20-13-8-11(4-6-14(13)22)15(2-1-3-18(23)24)28-19(25)21-12-5-7-16-17(9-12)27-10-26-16/h1,3-9,15,22H,2,10H2,(H,21,25)(H,23,24)/b3-1+/t15-/m1/s1. The van der Waals surface area contributed by atoms with Crippen LogP contribution in [0.25, 0.3) is 0 Å². The van der Waals surface area contributed by atoms with Gasteiger partial charge in [0.1, 0.15) is 6.10 Å². The third-order valence-electron chi connectivity index (χ3n) is 3.82. The molecule has 0 unspecified atom stereocenters. The summed E-state index contributed by atoms with van der Waals surface area (Å²) in [5, 5.41) is 20.5. The van der Waals surface area contributed by atoms with E-state index in [1.807, 2.05) is 0 Å². The number of phenols is 1. The summed E-state index contributed by atoms with van der Waals surface area (Å²) >= 11 is 0. The number of ether oxygens (including phenoxy) is 3. The zero-order valence-corrected chi connectivity index (χ0v) is 14.4. The molecule has 2 aromatic carbocycles. The lowest BCUT2D eigenvalue weighted by Crippen LogP contribution is -2.17. The predicted molar refractivity (Wildman–Crippen MR) is 94.9 cm³/mol. The van der Waals surface area contributed by atoms with E-state index in [4.69, 9.17) is 19.3 Å². The Hall–Kier alpha value is -3.75. The number of anilines is 1. The number of aromatic hydroxyl groups is 1. The number of benzene rings is 2. The highest BCUT2D eigenvalue weighted by Crippen LogP contribution is 2.34. The highest BCUT2D eigenvalue weighted by Gasteiger charge is 2.19. The van der Waals surface area contributed by atoms with Crippen LogP contribution in [0.15, 0.2) is 48.6 Å². The van der Waals surface area contributed by atoms with Crippen LogP contribution in [-0.4, -0.2) is 29.1 Å². The number of amides is 1. The molecular formula is C19H16FNO7. The van der Waals surface area contributed by atoms with Crippen LogP contribution in [0, 0.1) is 5.82 Å². The Kier molecular flexibility index (Phi) is 5.64. The molecule has 0 radical (unpaired) electrons. The van der Waals surface area contributed by atoms with Gasteiger partial charge in [-0.2, -0.15) is 0 Å². The number of carbonyl (C=O) groups is 2. The van der Waals surface area contributed by atoms with Gasteiger partial charge < -0.3 is 24.4 Å². The second-order valence-corrected chi connectivity index (χ2v) is 5.77. The van der Waals surface area contributed by atoms with E-state index in [2.05, 4.69) is 5.32 Å². The van der Waals surface area contributed by atoms with Crippen LogP contribution in [-0.2, 0) is 9.53 Å². The molecule has 0 bridgehead atoms. The number of phenolic OH excluding ortho intramolecular Hbond substituents is 1. The average Bonchev–Trinajstić information content (AvgIpc) is 3.10. The van der Waals surface area contributed by atoms with Gasteiger partial charge in [-0.3, -0.25) is 5.32 Å². The summed E-state index contributed by atoms with van der Waals surface area (Å²) in [6.45, 7) is 0.0909. The SMILES string of the molecule is O=C(O)/C=C/C[C@@H](OC(=O)Nc1ccc2c(c1)OCO2)c1ccc(O)c(F)c1. The number of hydrogen-bond acceptors (Lipinski definition) is 6. The molecule has 28 heavy (non-hydrogen) atoms. The fourth-order valence-electron chi connectivity index (χ4n) is 2.52. The Morgan fingerprint density at radius 2 is 2.00 bits per heavy atom. The number of rotatable bonds is 6. The second kappa shape index (κ2) is 8.30. The molecule has 1 heterocycles. The highest BCUT2D eigenvalue weighted by molar-refractivity contribution is 5.85. The van der Waals surface area contributed by atoms with E-state index < -0.39 is 29.7 Å². The van der Waals surface area contributed by atoms with Crippen LogP contribution < -0.4 is 14.8 Å². The fraction of sp³-hybridized carbons (Fsp3) is 0.158. The summed E-state index contributed by atoms with van der Waals surface area (Å²) in [4.78, 5) is 22.9. The lowest BCUT2D eigenvalue weighted by molar-refractivity contribution is -0.131. The molecular weight excluding hydrogens is 373 g/mol. The Bertz CT molecular complexity index is 928. The summed E-state index contributed by atoms with van der Waals surface area (Å²) < 4.78 is 29.4. The molecule has 146 valence electrons. The molecule has 3 rings (SSSR count). The molecule has 2 aromatic rings. The van der Waals surface area contributed by atoms with Gasteiger partial charge >= 0.3 is 12.1 Å². The van der Waals surface area contributed by atoms with Crippen LogP contribution >= 0.6 is 0 Å². The highest BCUT2D eigenvalue weighted by atomic mass is 19.1. The van der Waals surface area contributed by atoms with Crippen LogP contribution in [0.4, 0.5) is 14.9 Å². The number of carbonyl (C=O) groups excluding carboxylic acids is 1. The fourth-order valence-corrected chi connectivity index (χ4v) is 2.52. The number of aliphatic carboxylic acids is 1. The molecule has 1 amide bonds. The Labute approximate surface area is 158 Å². The van der Waals surface area contributed by atoms with Crippen molar-refractivity contribution in [2.45, 2.75) is 12.5 Å². The molecule has 9 heteroatoms. The second-order valence-electron chi connectivity index (χ2n) is 5.77. The van der Waals surface area contributed by atoms with Crippen molar-refractivity contribution in [3.63, 3.8) is 0 Å². The molecule has 3 N–H and O–H groups in total. The van der Waals surface area contributed by atoms with Crippen LogP contribution in [0.3, 0.4) is 0 Å². The predicted octanol–water partition coefficient (Wildman–Crippen LogP) is 3.58. The van der Waals surface area contributed by atoms with E-state index in [9.17, 15) is 19.1 Å². The summed E-state index contributed by atoms with van der Waals surface area (Å²) in [5.41, 5.74) is 0.650. The van der Waals surface area contributed by atoms with Crippen molar-refractivity contribution in [2.24, 2.45) is 0 Å². The third-order valence-corrected chi connectivity index (χ3v) is 3.82. The number of halogens is 1. The smallest absolute Gasteiger partial charge is 0.412 e. The number of fused-ring (bicyclic) bond motifs is 1. The maximum atomic E-state index is 13.7. The Balaban J connectivity index is 1.72. The van der Waals surface area contributed by atoms with Crippen molar-refractivity contribution < 1.29 is 38.4 Å². The molecule has 0 fully saturated rings. The van der Waals surface area contributed by atoms with E-state index in [1.54, 1.807) is 18.2 Å². The monoisotopic (exact) mass is 389 g/mol. The zero-order valence-electron chi connectivity index (χ0n) is 14.4. The van der Waals surface area contributed by atoms with Gasteiger partial charge in [0, 0.05) is 24.3 Å². The van der Waals surface area contributed by atoms with Crippen LogP contribution in [0.2, 0.25) is 0 Å². The average molecular weight is 389 g/mol. The number of hydrogen-bond donors (Lipinski definition) is 3. The lowest BCUT2D eigenvalue weighted by Gasteiger charge is -2.18. The zero-order chi connectivity index (χ0) is 20.1. The molecule has 1 aliphatic rings. The summed E-state index contributed by atoms with van der Waals surface area (Å²) in [6, 6.07) is 8.30. The number of carboxylic acid groups (broad SMARTS) is 1. The van der Waals surface area contributed by atoms with Crippen LogP contribution in [0.5, 0.6) is 17.2 Å². The Morgan fingerprint density at radius 1 is 1.21 bits per heavy atom. The van der Waals surface area contributed by atoms with E-state index in [1.165, 1.54) is 12.1 Å². The first kappa shape index (κ1) is 19.0. The number of nitrogens with one attached hydrogen (secondary N) is 1. The topological polar surface area (TPSA) is 114 Å². The third kappa shape index (κ3) is 4.70. The first-order valence-corrected chi connectivity index (χ1v) is 8.17. The first-order valence-electron chi connectivity index (χ1n) is 8.17. The van der Waals surface area contributed by atoms with Gasteiger partial charge in [-0.1, -0.05) is 12.1 Å². The van der Waals surface area contributed by atoms with E-state index >= 15 is 0 Å². The normalized spacial score (nSPS) is 13.3. The molecule has 0 saturated carbocycles. The maximum absolute atomic E-state index is 13.7. The van der Waals surface area contributed by atoms with Gasteiger partial charge in [0.2, 0.25) is 6.79 Å². The van der Waals surface area contributed by atoms with Crippen molar-refractivity contribution in [1.29, 1.82) is 0 Å². The van der Waals surface area contributed by atoms with Crippen molar-refractivity contribution in [1.82, 2.24) is 0 Å². The van der Waals surface area contributed by atoms with E-state index in [0.29, 0.717) is 17.2 Å². The number of carboxylic acids is 1. The van der Waals surface area contributed by atoms with Crippen molar-refractivity contribution >= 4 is 17.7 Å². The largest absolute Gasteiger partial charge is 0.505 e. The van der Waals surface area contributed by atoms with Gasteiger partial charge in [0.05, 0.1) is 0 Å². The first-order chi connectivity index (χ1) is 13.4. The molecule has 1 atom stereocenters. The molecule has 0 spiro atoms. The van der Waals surface area contributed by atoms with Gasteiger partial charge in [-0.15, -0.1) is 0 Å². The van der Waals surface area contributed by atoms with Crippen LogP contribution in [0.1, 0.15) is 18.1 Å². The maximum Gasteiger partial charge on any atom is 0.412 e. The van der Waals surface area contributed by atoms with Gasteiger partial charge in [-0.05, 0) is 29.8 Å². The van der Waals surface area contributed by atoms with Crippen molar-refractivity contribution in [3.8, 4) is 17.2 Å². The summed E-state index contributed by atoms with van der Waals surface area (Å²) in [7, 11) is 0. The lowest BCUT2D eigenvalue weighted by atomic mass is 10.1. The molecule has 8 nitrogen and oxygen atoms in total. The minimum Gasteiger partial charge on any atom is -0.505 e.